The van der Waals surface area contributed by atoms with Crippen LogP contribution in [0.15, 0.2) is 0 Å². The first-order chi connectivity index (χ1) is 5.22. The molecule has 0 aromatic heterocycles. The molecule has 2 heteroatoms. The summed E-state index contributed by atoms with van der Waals surface area (Å²) < 4.78 is 0. The van der Waals surface area contributed by atoms with Crippen molar-refractivity contribution in [2.24, 2.45) is 0 Å². The molecule has 0 fully saturated rings. The lowest BCUT2D eigenvalue weighted by Gasteiger charge is -2.20. The van der Waals surface area contributed by atoms with Crippen molar-refractivity contribution in [3.63, 3.8) is 0 Å². The molecule has 2 atom stereocenters. The number of hydrogen-bond donors (Lipinski definition) is 2. The van der Waals surface area contributed by atoms with Gasteiger partial charge in [0, 0.05) is 12.1 Å². The second kappa shape index (κ2) is 6.62. The maximum Gasteiger partial charge on any atom is 0.0190 e. The summed E-state index contributed by atoms with van der Waals surface area (Å²) in [4.78, 5) is 0. The van der Waals surface area contributed by atoms with Crippen molar-refractivity contribution in [1.82, 2.24) is 10.6 Å². The zero-order valence-electron chi connectivity index (χ0n) is 8.28. The highest BCUT2D eigenvalue weighted by molar-refractivity contribution is 4.71. The first kappa shape index (κ1) is 10.9. The van der Waals surface area contributed by atoms with E-state index in [1.807, 2.05) is 7.05 Å². The van der Waals surface area contributed by atoms with Crippen molar-refractivity contribution in [2.75, 3.05) is 13.6 Å². The lowest BCUT2D eigenvalue weighted by Crippen LogP contribution is -2.43. The minimum absolute atomic E-state index is 0.562. The van der Waals surface area contributed by atoms with Crippen LogP contribution in [0.4, 0.5) is 0 Å². The van der Waals surface area contributed by atoms with Gasteiger partial charge in [-0.2, -0.15) is 0 Å². The molecule has 11 heavy (non-hydrogen) atoms. The number of rotatable bonds is 6. The Morgan fingerprint density at radius 2 is 1.82 bits per heavy atom. The van der Waals surface area contributed by atoms with Gasteiger partial charge in [-0.3, -0.25) is 0 Å². The molecule has 0 radical (unpaired) electrons. The van der Waals surface area contributed by atoms with Gasteiger partial charge < -0.3 is 10.6 Å². The zero-order chi connectivity index (χ0) is 8.69. The Hall–Kier alpha value is -0.0800. The van der Waals surface area contributed by atoms with Gasteiger partial charge in [0.1, 0.15) is 0 Å². The Labute approximate surface area is 70.8 Å². The number of nitrogens with one attached hydrogen (secondary N) is 2. The van der Waals surface area contributed by atoms with Crippen LogP contribution in [0.1, 0.15) is 33.6 Å². The van der Waals surface area contributed by atoms with E-state index in [0.29, 0.717) is 12.1 Å². The molecule has 0 aromatic rings. The van der Waals surface area contributed by atoms with Crippen LogP contribution in [-0.2, 0) is 0 Å². The van der Waals surface area contributed by atoms with Crippen LogP contribution in [0.2, 0.25) is 0 Å². The Morgan fingerprint density at radius 3 is 2.27 bits per heavy atom. The van der Waals surface area contributed by atoms with Crippen molar-refractivity contribution in [1.29, 1.82) is 0 Å². The fourth-order valence-corrected chi connectivity index (χ4v) is 0.933. The average Bonchev–Trinajstić information content (AvgIpc) is 2.03. The molecule has 0 spiro atoms. The molecule has 0 bridgehead atoms. The zero-order valence-corrected chi connectivity index (χ0v) is 8.28. The monoisotopic (exact) mass is 158 g/mol. The quantitative estimate of drug-likeness (QED) is 0.571. The molecule has 0 saturated heterocycles. The summed E-state index contributed by atoms with van der Waals surface area (Å²) in [5.41, 5.74) is 0. The third kappa shape index (κ3) is 5.22. The molecule has 0 amide bonds. The Balaban J connectivity index is 3.28. The van der Waals surface area contributed by atoms with Crippen LogP contribution in [0.5, 0.6) is 0 Å². The van der Waals surface area contributed by atoms with Crippen molar-refractivity contribution in [3.8, 4) is 0 Å². The number of unbranched alkanes of at least 4 members (excludes halogenated alkanes) is 1. The van der Waals surface area contributed by atoms with Crippen molar-refractivity contribution in [2.45, 2.75) is 45.7 Å². The van der Waals surface area contributed by atoms with Crippen LogP contribution < -0.4 is 10.6 Å². The highest BCUT2D eigenvalue weighted by Gasteiger charge is 2.06. The molecule has 0 aliphatic carbocycles. The van der Waals surface area contributed by atoms with E-state index in [2.05, 4.69) is 31.4 Å². The maximum atomic E-state index is 3.47. The van der Waals surface area contributed by atoms with Crippen LogP contribution in [0, 0.1) is 0 Å². The lowest BCUT2D eigenvalue weighted by molar-refractivity contribution is 0.428. The van der Waals surface area contributed by atoms with Crippen LogP contribution in [0.3, 0.4) is 0 Å². The third-order valence-corrected chi connectivity index (χ3v) is 2.20. The topological polar surface area (TPSA) is 24.1 Å². The highest BCUT2D eigenvalue weighted by Crippen LogP contribution is 1.91. The fourth-order valence-electron chi connectivity index (χ4n) is 0.933. The SMILES string of the molecule is CCCCN[C@@H](C)[C@H](C)NC. The standard InChI is InChI=1S/C9H22N2/c1-5-6-7-11-9(3)8(2)10-4/h8-11H,5-7H2,1-4H3/t8-,9-/m0/s1. The van der Waals surface area contributed by atoms with Crippen LogP contribution in [0.25, 0.3) is 0 Å². The first-order valence-corrected chi connectivity index (χ1v) is 4.63. The molecule has 68 valence electrons. The van der Waals surface area contributed by atoms with Gasteiger partial charge in [-0.05, 0) is 33.9 Å². The number of hydrogen-bond acceptors (Lipinski definition) is 2. The molecule has 0 rings (SSSR count). The summed E-state index contributed by atoms with van der Waals surface area (Å²) >= 11 is 0. The second-order valence-electron chi connectivity index (χ2n) is 3.17. The summed E-state index contributed by atoms with van der Waals surface area (Å²) in [6, 6.07) is 1.14. The Bertz CT molecular complexity index is 83.6. The van der Waals surface area contributed by atoms with Crippen LogP contribution >= 0.6 is 0 Å². The molecule has 0 saturated carbocycles. The minimum atomic E-state index is 0.562. The van der Waals surface area contributed by atoms with Gasteiger partial charge in [-0.15, -0.1) is 0 Å². The lowest BCUT2D eigenvalue weighted by atomic mass is 10.1. The van der Waals surface area contributed by atoms with Crippen molar-refractivity contribution >= 4 is 0 Å². The van der Waals surface area contributed by atoms with Crippen molar-refractivity contribution in [3.05, 3.63) is 0 Å². The summed E-state index contributed by atoms with van der Waals surface area (Å²) in [6.45, 7) is 7.78. The van der Waals surface area contributed by atoms with Gasteiger partial charge >= 0.3 is 0 Å². The molecule has 0 heterocycles. The average molecular weight is 158 g/mol. The first-order valence-electron chi connectivity index (χ1n) is 4.63. The fraction of sp³-hybridized carbons (Fsp3) is 1.00. The summed E-state index contributed by atoms with van der Waals surface area (Å²) in [5, 5.41) is 6.70. The molecular formula is C9H22N2. The van der Waals surface area contributed by atoms with E-state index in [4.69, 9.17) is 0 Å². The Morgan fingerprint density at radius 1 is 1.18 bits per heavy atom. The van der Waals surface area contributed by atoms with E-state index in [-0.39, 0.29) is 0 Å². The van der Waals surface area contributed by atoms with E-state index >= 15 is 0 Å². The summed E-state index contributed by atoms with van der Waals surface area (Å²) in [5.74, 6) is 0. The van der Waals surface area contributed by atoms with Gasteiger partial charge in [-0.1, -0.05) is 13.3 Å². The van der Waals surface area contributed by atoms with Gasteiger partial charge in [0.25, 0.3) is 0 Å². The van der Waals surface area contributed by atoms with E-state index < -0.39 is 0 Å². The molecule has 0 unspecified atom stereocenters. The van der Waals surface area contributed by atoms with E-state index in [0.717, 1.165) is 6.54 Å². The smallest absolute Gasteiger partial charge is 0.0190 e. The summed E-state index contributed by atoms with van der Waals surface area (Å²) in [7, 11) is 2.00. The predicted octanol–water partition coefficient (Wildman–Crippen LogP) is 1.37. The van der Waals surface area contributed by atoms with Gasteiger partial charge in [0.05, 0.1) is 0 Å². The van der Waals surface area contributed by atoms with Gasteiger partial charge in [0.2, 0.25) is 0 Å². The largest absolute Gasteiger partial charge is 0.316 e. The molecule has 0 aliphatic rings. The van der Waals surface area contributed by atoms with Gasteiger partial charge in [-0.25, -0.2) is 0 Å². The van der Waals surface area contributed by atoms with E-state index in [1.54, 1.807) is 0 Å². The van der Waals surface area contributed by atoms with E-state index in [9.17, 15) is 0 Å². The van der Waals surface area contributed by atoms with Crippen LogP contribution in [-0.4, -0.2) is 25.7 Å². The molecule has 0 aliphatic heterocycles. The normalized spacial score (nSPS) is 16.4. The predicted molar refractivity (Wildman–Crippen MR) is 50.9 cm³/mol. The van der Waals surface area contributed by atoms with Crippen molar-refractivity contribution < 1.29 is 0 Å². The maximum absolute atomic E-state index is 3.47. The molecule has 0 aromatic carbocycles. The molecular weight excluding hydrogens is 136 g/mol. The van der Waals surface area contributed by atoms with E-state index in [1.165, 1.54) is 12.8 Å². The Kier molecular flexibility index (Phi) is 6.57. The van der Waals surface area contributed by atoms with Gasteiger partial charge in [0.15, 0.2) is 0 Å². The molecule has 2 nitrogen and oxygen atoms in total. The molecule has 2 N–H and O–H groups in total. The third-order valence-electron chi connectivity index (χ3n) is 2.20. The number of likely N-dealkylation sites (N-methyl/N-ethyl adjacent to an activating group) is 1. The summed E-state index contributed by atoms with van der Waals surface area (Å²) in [6.07, 6.45) is 2.55. The second-order valence-corrected chi connectivity index (χ2v) is 3.17. The minimum Gasteiger partial charge on any atom is -0.316 e. The highest BCUT2D eigenvalue weighted by atomic mass is 15.0.